The van der Waals surface area contributed by atoms with Gasteiger partial charge in [-0.1, -0.05) is 12.1 Å². The van der Waals surface area contributed by atoms with Gasteiger partial charge < -0.3 is 16.6 Å². The molecular formula is C14H11N3O2. The van der Waals surface area contributed by atoms with E-state index in [1.165, 1.54) is 12.1 Å². The number of nitrogens with two attached hydrogens (primary N) is 2. The minimum absolute atomic E-state index is 0.0208. The highest BCUT2D eigenvalue weighted by atomic mass is 16.3. The first-order valence-corrected chi connectivity index (χ1v) is 5.66. The lowest BCUT2D eigenvalue weighted by Gasteiger charge is -2.22. The van der Waals surface area contributed by atoms with Gasteiger partial charge in [-0.3, -0.25) is 10.2 Å². The van der Waals surface area contributed by atoms with Crippen LogP contribution in [0.5, 0.6) is 5.75 Å². The largest absolute Gasteiger partial charge is 0.507 e. The normalized spacial score (nSPS) is 13.1. The van der Waals surface area contributed by atoms with E-state index < -0.39 is 0 Å². The molecule has 0 amide bonds. The molecular weight excluding hydrogens is 242 g/mol. The molecule has 2 aromatic rings. The van der Waals surface area contributed by atoms with Gasteiger partial charge in [-0.15, -0.1) is 0 Å². The monoisotopic (exact) mass is 253 g/mol. The van der Waals surface area contributed by atoms with Crippen LogP contribution in [0.3, 0.4) is 0 Å². The molecule has 1 aliphatic carbocycles. The number of nitrogen functional groups attached to an aromatic ring is 2. The van der Waals surface area contributed by atoms with Crippen molar-refractivity contribution in [2.45, 2.75) is 0 Å². The number of benzene rings is 2. The van der Waals surface area contributed by atoms with Crippen molar-refractivity contribution in [2.75, 3.05) is 11.5 Å². The summed E-state index contributed by atoms with van der Waals surface area (Å²) in [6, 6.07) is 7.71. The summed E-state index contributed by atoms with van der Waals surface area (Å²) in [4.78, 5) is 12.4. The molecule has 2 aromatic carbocycles. The molecule has 0 aliphatic heterocycles. The number of carbonyl (C=O) groups is 1. The van der Waals surface area contributed by atoms with Crippen LogP contribution in [0.25, 0.3) is 0 Å². The van der Waals surface area contributed by atoms with Crippen LogP contribution in [0, 0.1) is 5.41 Å². The minimum Gasteiger partial charge on any atom is -0.507 e. The van der Waals surface area contributed by atoms with Gasteiger partial charge >= 0.3 is 0 Å². The maximum Gasteiger partial charge on any atom is 0.196 e. The summed E-state index contributed by atoms with van der Waals surface area (Å²) >= 11 is 0. The van der Waals surface area contributed by atoms with Crippen molar-refractivity contribution in [3.63, 3.8) is 0 Å². The Morgan fingerprint density at radius 2 is 1.63 bits per heavy atom. The van der Waals surface area contributed by atoms with Crippen molar-refractivity contribution >= 4 is 22.9 Å². The van der Waals surface area contributed by atoms with Crippen LogP contribution in [0.1, 0.15) is 27.0 Å². The average molecular weight is 253 g/mol. The van der Waals surface area contributed by atoms with Crippen molar-refractivity contribution in [1.29, 1.82) is 5.41 Å². The molecule has 94 valence electrons. The lowest BCUT2D eigenvalue weighted by atomic mass is 9.81. The standard InChI is InChI=1S/C14H11N3O2/c15-7-3-1-2-6-10(7)13(17)12-9(18)5-4-8(16)11(12)14(6)19/h1-5,17-18H,15-16H2. The predicted octanol–water partition coefficient (Wildman–Crippen LogP) is 1.52. The number of nitrogens with one attached hydrogen (secondary N) is 1. The molecule has 6 N–H and O–H groups in total. The fraction of sp³-hybridized carbons (Fsp3) is 0. The molecule has 5 heteroatoms. The number of phenolic OH excluding ortho intramolecular Hbond substituents is 1. The molecule has 3 rings (SSSR count). The third-order valence-electron chi connectivity index (χ3n) is 3.28. The summed E-state index contributed by atoms with van der Waals surface area (Å²) in [5.41, 5.74) is 13.2. The number of hydrogen-bond donors (Lipinski definition) is 4. The zero-order valence-corrected chi connectivity index (χ0v) is 9.90. The van der Waals surface area contributed by atoms with Crippen molar-refractivity contribution in [2.24, 2.45) is 0 Å². The summed E-state index contributed by atoms with van der Waals surface area (Å²) in [5.74, 6) is -0.460. The van der Waals surface area contributed by atoms with E-state index in [2.05, 4.69) is 0 Å². The Hall–Kier alpha value is -2.82. The first-order valence-electron chi connectivity index (χ1n) is 5.66. The van der Waals surface area contributed by atoms with Gasteiger partial charge in [-0.2, -0.15) is 0 Å². The number of aromatic hydroxyl groups is 1. The molecule has 0 spiro atoms. The van der Waals surface area contributed by atoms with Crippen LogP contribution < -0.4 is 11.5 Å². The van der Waals surface area contributed by atoms with Gasteiger partial charge in [0.15, 0.2) is 5.78 Å². The second-order valence-electron chi connectivity index (χ2n) is 4.40. The first-order chi connectivity index (χ1) is 9.02. The fourth-order valence-electron chi connectivity index (χ4n) is 2.40. The van der Waals surface area contributed by atoms with Gasteiger partial charge in [0.2, 0.25) is 0 Å². The van der Waals surface area contributed by atoms with Gasteiger partial charge in [0.25, 0.3) is 0 Å². The smallest absolute Gasteiger partial charge is 0.196 e. The summed E-state index contributed by atoms with van der Waals surface area (Å²) in [5, 5.41) is 18.1. The van der Waals surface area contributed by atoms with Crippen LogP contribution >= 0.6 is 0 Å². The highest BCUT2D eigenvalue weighted by Crippen LogP contribution is 2.37. The zero-order valence-electron chi connectivity index (χ0n) is 9.90. The van der Waals surface area contributed by atoms with E-state index >= 15 is 0 Å². The number of hydrogen-bond acceptors (Lipinski definition) is 5. The number of rotatable bonds is 0. The van der Waals surface area contributed by atoms with E-state index in [9.17, 15) is 9.90 Å². The quantitative estimate of drug-likeness (QED) is 0.359. The van der Waals surface area contributed by atoms with Gasteiger partial charge in [0, 0.05) is 22.5 Å². The Morgan fingerprint density at radius 1 is 0.947 bits per heavy atom. The molecule has 0 radical (unpaired) electrons. The van der Waals surface area contributed by atoms with Crippen molar-refractivity contribution < 1.29 is 9.90 Å². The highest BCUT2D eigenvalue weighted by Gasteiger charge is 2.32. The van der Waals surface area contributed by atoms with E-state index in [-0.39, 0.29) is 34.1 Å². The van der Waals surface area contributed by atoms with Gasteiger partial charge in [0.1, 0.15) is 5.75 Å². The van der Waals surface area contributed by atoms with E-state index in [4.69, 9.17) is 16.9 Å². The van der Waals surface area contributed by atoms with Crippen molar-refractivity contribution in [3.8, 4) is 5.75 Å². The number of anilines is 2. The fourth-order valence-corrected chi connectivity index (χ4v) is 2.40. The van der Waals surface area contributed by atoms with Crippen molar-refractivity contribution in [3.05, 3.63) is 52.6 Å². The molecule has 5 nitrogen and oxygen atoms in total. The summed E-state index contributed by atoms with van der Waals surface area (Å²) in [6.45, 7) is 0. The van der Waals surface area contributed by atoms with Crippen LogP contribution in [-0.4, -0.2) is 16.6 Å². The van der Waals surface area contributed by atoms with E-state index in [0.29, 0.717) is 16.8 Å². The second kappa shape index (κ2) is 3.58. The molecule has 0 aromatic heterocycles. The number of ketones is 1. The highest BCUT2D eigenvalue weighted by molar-refractivity contribution is 6.33. The van der Waals surface area contributed by atoms with Crippen LogP contribution in [-0.2, 0) is 0 Å². The average Bonchev–Trinajstić information content (AvgIpc) is 2.38. The second-order valence-corrected chi connectivity index (χ2v) is 4.40. The predicted molar refractivity (Wildman–Crippen MR) is 72.7 cm³/mol. The Balaban J connectivity index is 2.43. The molecule has 0 fully saturated rings. The summed E-state index contributed by atoms with van der Waals surface area (Å²) < 4.78 is 0. The van der Waals surface area contributed by atoms with Gasteiger partial charge in [-0.25, -0.2) is 0 Å². The molecule has 1 aliphatic rings. The molecule has 0 atom stereocenters. The third kappa shape index (κ3) is 1.35. The van der Waals surface area contributed by atoms with E-state index in [1.54, 1.807) is 18.2 Å². The van der Waals surface area contributed by atoms with Crippen LogP contribution in [0.15, 0.2) is 30.3 Å². The molecule has 19 heavy (non-hydrogen) atoms. The number of carbonyl (C=O) groups excluding carboxylic acids is 1. The van der Waals surface area contributed by atoms with Gasteiger partial charge in [0.05, 0.1) is 16.8 Å². The summed E-state index contributed by atoms with van der Waals surface area (Å²) in [6.07, 6.45) is 0. The lowest BCUT2D eigenvalue weighted by molar-refractivity contribution is 0.103. The van der Waals surface area contributed by atoms with Gasteiger partial charge in [-0.05, 0) is 18.2 Å². The first kappa shape index (κ1) is 11.3. The Kier molecular flexibility index (Phi) is 2.13. The number of phenols is 1. The SMILES string of the molecule is N=C1c2c(N)cccc2C(=O)c2c(N)ccc(O)c21. The molecule has 0 saturated carbocycles. The van der Waals surface area contributed by atoms with E-state index in [1.807, 2.05) is 0 Å². The Morgan fingerprint density at radius 3 is 2.37 bits per heavy atom. The van der Waals surface area contributed by atoms with Crippen molar-refractivity contribution in [1.82, 2.24) is 0 Å². The molecule has 0 saturated heterocycles. The topological polar surface area (TPSA) is 113 Å². The maximum atomic E-state index is 12.4. The molecule has 0 bridgehead atoms. The minimum atomic E-state index is -0.318. The summed E-state index contributed by atoms with van der Waals surface area (Å²) in [7, 11) is 0. The maximum absolute atomic E-state index is 12.4. The van der Waals surface area contributed by atoms with E-state index in [0.717, 1.165) is 0 Å². The third-order valence-corrected chi connectivity index (χ3v) is 3.28. The van der Waals surface area contributed by atoms with Crippen LogP contribution in [0.4, 0.5) is 11.4 Å². The zero-order chi connectivity index (χ0) is 13.7. The Labute approximate surface area is 109 Å². The van der Waals surface area contributed by atoms with Crippen LogP contribution in [0.2, 0.25) is 0 Å². The number of fused-ring (bicyclic) bond motifs is 2. The molecule has 0 heterocycles. The molecule has 0 unspecified atom stereocenters. The lowest BCUT2D eigenvalue weighted by Crippen LogP contribution is -2.23. The Bertz CT molecular complexity index is 751.